The monoisotopic (exact) mass is 320 g/mol. The van der Waals surface area contributed by atoms with Gasteiger partial charge in [-0.1, -0.05) is 6.08 Å². The zero-order valence-electron chi connectivity index (χ0n) is 13.8. The first-order valence-corrected chi connectivity index (χ1v) is 8.19. The van der Waals surface area contributed by atoms with Gasteiger partial charge in [-0.2, -0.15) is 4.79 Å². The number of hydrogen-bond acceptors (Lipinski definition) is 4. The third kappa shape index (κ3) is 4.60. The molecule has 0 unspecified atom stereocenters. The van der Waals surface area contributed by atoms with E-state index in [-0.39, 0.29) is 30.4 Å². The lowest BCUT2D eigenvalue weighted by atomic mass is 9.88. The van der Waals surface area contributed by atoms with Crippen LogP contribution in [-0.2, 0) is 19.1 Å². The number of rotatable bonds is 6. The van der Waals surface area contributed by atoms with E-state index in [4.69, 9.17) is 15.0 Å². The van der Waals surface area contributed by atoms with Gasteiger partial charge >= 0.3 is 12.2 Å². The van der Waals surface area contributed by atoms with Crippen LogP contribution in [0.2, 0.25) is 0 Å². The number of carbonyl (C=O) groups is 2. The Labute approximate surface area is 136 Å². The maximum Gasteiger partial charge on any atom is 0.323 e. The summed E-state index contributed by atoms with van der Waals surface area (Å²) in [5, 5.41) is 0. The first-order chi connectivity index (χ1) is 10.9. The van der Waals surface area contributed by atoms with Crippen molar-refractivity contribution in [2.24, 2.45) is 0 Å². The molecule has 0 aromatic rings. The molecule has 6 nitrogen and oxygen atoms in total. The zero-order chi connectivity index (χ0) is 16.9. The quantitative estimate of drug-likeness (QED) is 0.247. The predicted molar refractivity (Wildman–Crippen MR) is 83.9 cm³/mol. The van der Waals surface area contributed by atoms with Crippen LogP contribution < -0.4 is 0 Å². The summed E-state index contributed by atoms with van der Waals surface area (Å²) in [7, 11) is 0. The van der Waals surface area contributed by atoms with Gasteiger partial charge in [0.1, 0.15) is 5.60 Å². The van der Waals surface area contributed by atoms with Crippen LogP contribution >= 0.6 is 0 Å². The Morgan fingerprint density at radius 1 is 1.52 bits per heavy atom. The highest BCUT2D eigenvalue weighted by molar-refractivity contribution is 6.25. The summed E-state index contributed by atoms with van der Waals surface area (Å²) in [6.45, 7) is 3.26. The molecule has 6 heteroatoms. The third-order valence-corrected chi connectivity index (χ3v) is 4.57. The van der Waals surface area contributed by atoms with Crippen LogP contribution in [0.25, 0.3) is 5.53 Å². The van der Waals surface area contributed by atoms with Gasteiger partial charge in [0.2, 0.25) is 5.78 Å². The van der Waals surface area contributed by atoms with Gasteiger partial charge in [0, 0.05) is 19.8 Å². The number of nitrogens with zero attached hydrogens (tertiary/aromatic N) is 2. The molecule has 23 heavy (non-hydrogen) atoms. The molecule has 0 aromatic carbocycles. The SMILES string of the molecule is CC(=O)O[C@]1(C)C[C@H](C2=CCCCC2)O[C@@H]1CCC(=O)C=[N+]=[N-]. The molecule has 0 aromatic heterocycles. The minimum atomic E-state index is -0.731. The van der Waals surface area contributed by atoms with Crippen LogP contribution in [-0.4, -0.2) is 40.6 Å². The molecular formula is C17H24N2O4. The highest BCUT2D eigenvalue weighted by Gasteiger charge is 2.48. The van der Waals surface area contributed by atoms with Gasteiger partial charge in [0.15, 0.2) is 0 Å². The van der Waals surface area contributed by atoms with Crippen molar-refractivity contribution in [1.82, 2.24) is 0 Å². The standard InChI is InChI=1S/C17H24N2O4/c1-12(20)23-17(2)10-15(13-6-4-3-5-7-13)22-16(17)9-8-14(21)11-19-18/h6,11,15-16H,3-5,7-10H2,1-2H3/t15-,16-,17-/m1/s1. The molecule has 2 rings (SSSR count). The van der Waals surface area contributed by atoms with Crippen LogP contribution in [0.5, 0.6) is 0 Å². The fraction of sp³-hybridized carbons (Fsp3) is 0.706. The maximum atomic E-state index is 11.5. The van der Waals surface area contributed by atoms with Crippen molar-refractivity contribution in [2.45, 2.75) is 76.6 Å². The van der Waals surface area contributed by atoms with E-state index in [1.165, 1.54) is 18.9 Å². The van der Waals surface area contributed by atoms with E-state index < -0.39 is 5.60 Å². The minimum absolute atomic E-state index is 0.0498. The molecule has 1 saturated heterocycles. The summed E-state index contributed by atoms with van der Waals surface area (Å²) >= 11 is 0. The average molecular weight is 320 g/mol. The van der Waals surface area contributed by atoms with Crippen molar-refractivity contribution in [3.63, 3.8) is 0 Å². The van der Waals surface area contributed by atoms with E-state index >= 15 is 0 Å². The van der Waals surface area contributed by atoms with Gasteiger partial charge in [-0.05, 0) is 44.6 Å². The van der Waals surface area contributed by atoms with E-state index in [2.05, 4.69) is 10.9 Å². The molecular weight excluding hydrogens is 296 g/mol. The molecule has 126 valence electrons. The summed E-state index contributed by atoms with van der Waals surface area (Å²) in [6.07, 6.45) is 8.41. The Morgan fingerprint density at radius 3 is 2.91 bits per heavy atom. The van der Waals surface area contributed by atoms with E-state index in [1.807, 2.05) is 6.92 Å². The summed E-state index contributed by atoms with van der Waals surface area (Å²) in [6, 6.07) is 0. The Kier molecular flexibility index (Phi) is 5.85. The van der Waals surface area contributed by atoms with E-state index in [9.17, 15) is 9.59 Å². The second-order valence-corrected chi connectivity index (χ2v) is 6.50. The van der Waals surface area contributed by atoms with Gasteiger partial charge in [-0.3, -0.25) is 9.59 Å². The van der Waals surface area contributed by atoms with Gasteiger partial charge in [0.05, 0.1) is 12.2 Å². The van der Waals surface area contributed by atoms with Crippen LogP contribution in [0, 0.1) is 0 Å². The zero-order valence-corrected chi connectivity index (χ0v) is 13.8. The lowest BCUT2D eigenvalue weighted by molar-refractivity contribution is -0.161. The van der Waals surface area contributed by atoms with E-state index in [1.54, 1.807) is 0 Å². The number of Topliss-reactive ketones (excluding diaryl/α,β-unsaturated/α-hetero) is 1. The second kappa shape index (κ2) is 7.66. The van der Waals surface area contributed by atoms with Gasteiger partial charge in [-0.15, -0.1) is 0 Å². The topological polar surface area (TPSA) is 89.0 Å². The Morgan fingerprint density at radius 2 is 2.30 bits per heavy atom. The van der Waals surface area contributed by atoms with Crippen molar-refractivity contribution in [1.29, 1.82) is 0 Å². The molecule has 0 spiro atoms. The number of carbonyl (C=O) groups excluding carboxylic acids is 2. The van der Waals surface area contributed by atoms with Crippen LogP contribution in [0.4, 0.5) is 0 Å². The molecule has 1 heterocycles. The van der Waals surface area contributed by atoms with Crippen LogP contribution in [0.1, 0.15) is 58.8 Å². The number of allylic oxidation sites excluding steroid dienone is 1. The summed E-state index contributed by atoms with van der Waals surface area (Å²) in [5.41, 5.74) is 8.95. The number of ketones is 1. The highest BCUT2D eigenvalue weighted by Crippen LogP contribution is 2.40. The van der Waals surface area contributed by atoms with E-state index in [0.29, 0.717) is 12.8 Å². The van der Waals surface area contributed by atoms with Crippen molar-refractivity contribution in [3.05, 3.63) is 17.2 Å². The fourth-order valence-corrected chi connectivity index (χ4v) is 3.48. The van der Waals surface area contributed by atoms with Crippen molar-refractivity contribution < 1.29 is 23.9 Å². The van der Waals surface area contributed by atoms with E-state index in [0.717, 1.165) is 25.5 Å². The van der Waals surface area contributed by atoms with Crippen LogP contribution in [0.3, 0.4) is 0 Å². The lowest BCUT2D eigenvalue weighted by Crippen LogP contribution is -2.39. The third-order valence-electron chi connectivity index (χ3n) is 4.57. The number of ether oxygens (including phenoxy) is 2. The largest absolute Gasteiger partial charge is 0.457 e. The molecule has 0 radical (unpaired) electrons. The lowest BCUT2D eigenvalue weighted by Gasteiger charge is -2.29. The molecule has 0 amide bonds. The average Bonchev–Trinajstić information content (AvgIpc) is 2.82. The summed E-state index contributed by atoms with van der Waals surface area (Å²) < 4.78 is 11.7. The molecule has 0 bridgehead atoms. The molecule has 1 aliphatic heterocycles. The molecule has 1 aliphatic carbocycles. The van der Waals surface area contributed by atoms with Gasteiger partial charge < -0.3 is 15.0 Å². The van der Waals surface area contributed by atoms with Gasteiger partial charge in [0.25, 0.3) is 0 Å². The van der Waals surface area contributed by atoms with Crippen molar-refractivity contribution in [3.8, 4) is 0 Å². The first kappa shape index (κ1) is 17.6. The maximum absolute atomic E-state index is 11.5. The minimum Gasteiger partial charge on any atom is -0.457 e. The first-order valence-electron chi connectivity index (χ1n) is 8.19. The Balaban J connectivity index is 2.08. The number of hydrogen-bond donors (Lipinski definition) is 0. The molecule has 3 atom stereocenters. The van der Waals surface area contributed by atoms with Crippen molar-refractivity contribution >= 4 is 18.0 Å². The molecule has 0 N–H and O–H groups in total. The van der Waals surface area contributed by atoms with Crippen LogP contribution in [0.15, 0.2) is 11.6 Å². The molecule has 0 saturated carbocycles. The van der Waals surface area contributed by atoms with Crippen molar-refractivity contribution in [2.75, 3.05) is 0 Å². The number of esters is 1. The summed E-state index contributed by atoms with van der Waals surface area (Å²) in [4.78, 5) is 25.7. The predicted octanol–water partition coefficient (Wildman–Crippen LogP) is 2.62. The van der Waals surface area contributed by atoms with Gasteiger partial charge in [-0.25, -0.2) is 0 Å². The Hall–Kier alpha value is -1.78. The highest BCUT2D eigenvalue weighted by atomic mass is 16.6. The Bertz CT molecular complexity index is 551. The molecule has 1 fully saturated rings. The second-order valence-electron chi connectivity index (χ2n) is 6.50. The fourth-order valence-electron chi connectivity index (χ4n) is 3.48. The molecule has 2 aliphatic rings. The summed E-state index contributed by atoms with van der Waals surface area (Å²) in [5.74, 6) is -0.621. The normalized spacial score (nSPS) is 30.3. The smallest absolute Gasteiger partial charge is 0.323 e.